The Balaban J connectivity index is 5.01. The summed E-state index contributed by atoms with van der Waals surface area (Å²) in [6.45, 7) is -0.421. The third-order valence-corrected chi connectivity index (χ3v) is 1.05. The summed E-state index contributed by atoms with van der Waals surface area (Å²) in [4.78, 5) is 14.7. The topological polar surface area (TPSA) is 91.0 Å². The molecule has 6 heteroatoms. The number of nitrogens with zero attached hydrogens (tertiary/aromatic N) is 2. The molecular formula is C8H18N4O2. The normalized spacial score (nSPS) is 25.4. The Bertz CT molecular complexity index is 367. The Kier molecular flexibility index (Phi) is 2.95. The van der Waals surface area contributed by atoms with Gasteiger partial charge in [0.15, 0.2) is 0 Å². The van der Waals surface area contributed by atoms with Crippen LogP contribution in [0.15, 0.2) is 4.99 Å². The van der Waals surface area contributed by atoms with E-state index in [9.17, 15) is 4.79 Å². The molecule has 0 fully saturated rings. The molecule has 0 amide bonds. The highest BCUT2D eigenvalue weighted by molar-refractivity contribution is 5.72. The van der Waals surface area contributed by atoms with E-state index in [0.717, 1.165) is 0 Å². The molecule has 14 heavy (non-hydrogen) atoms. The van der Waals surface area contributed by atoms with E-state index >= 15 is 0 Å². The molecule has 4 N–H and O–H groups in total. The molecule has 0 saturated heterocycles. The summed E-state index contributed by atoms with van der Waals surface area (Å²) in [5.74, 6) is -2.01. The van der Waals surface area contributed by atoms with Crippen molar-refractivity contribution in [1.29, 1.82) is 0 Å². The first kappa shape index (κ1) is 5.67. The first-order chi connectivity index (χ1) is 8.97. The van der Waals surface area contributed by atoms with E-state index in [0.29, 0.717) is 0 Å². The fourth-order valence-electron chi connectivity index (χ4n) is 0.466. The molecule has 6 nitrogen and oxygen atoms in total. The van der Waals surface area contributed by atoms with Crippen LogP contribution in [0.25, 0.3) is 0 Å². The number of nitrogens with one attached hydrogen (secondary N) is 1. The van der Waals surface area contributed by atoms with Crippen molar-refractivity contribution < 1.29 is 18.2 Å². The molecule has 0 saturated carbocycles. The van der Waals surface area contributed by atoms with Crippen molar-refractivity contribution in [2.24, 2.45) is 10.7 Å². The van der Waals surface area contributed by atoms with E-state index in [4.69, 9.17) is 13.4 Å². The van der Waals surface area contributed by atoms with Gasteiger partial charge in [0.2, 0.25) is 0 Å². The Morgan fingerprint density at radius 2 is 2.71 bits per heavy atom. The number of aliphatic imine (C=N–C) groups is 1. The van der Waals surface area contributed by atoms with Crippen molar-refractivity contribution in [2.75, 3.05) is 20.6 Å². The maximum atomic E-state index is 11.0. The van der Waals surface area contributed by atoms with Gasteiger partial charge >= 0.3 is 5.97 Å². The fraction of sp³-hybridized carbons (Fsp3) is 0.750. The zero-order valence-corrected chi connectivity index (χ0v) is 8.06. The highest BCUT2D eigenvalue weighted by atomic mass is 16.4. The van der Waals surface area contributed by atoms with Crippen molar-refractivity contribution >= 4 is 12.3 Å². The molecule has 0 aliphatic carbocycles. The van der Waals surface area contributed by atoms with Gasteiger partial charge in [-0.05, 0) is 12.8 Å². The lowest BCUT2D eigenvalue weighted by molar-refractivity contribution is -0.138. The van der Waals surface area contributed by atoms with Crippen LogP contribution in [0.3, 0.4) is 0 Å². The largest absolute Gasteiger partial charge is 0.480 e. The van der Waals surface area contributed by atoms with Gasteiger partial charge < -0.3 is 16.3 Å². The minimum absolute atomic E-state index is 0.421. The molecule has 0 heterocycles. The quantitative estimate of drug-likeness (QED) is 0.278. The SMILES string of the molecule is [2H]C(CN=CNN(C)C)C([2H])([2H])[C@@]([2H])(C(=O)O)N([2H])[2H]. The second kappa shape index (κ2) is 7.28. The van der Waals surface area contributed by atoms with Crippen LogP contribution in [0.4, 0.5) is 0 Å². The van der Waals surface area contributed by atoms with Crippen LogP contribution in [0.2, 0.25) is 2.82 Å². The molecule has 0 rings (SSSR count). The number of hydrazine groups is 1. The average Bonchev–Trinajstić information content (AvgIpc) is 2.31. The van der Waals surface area contributed by atoms with E-state index in [1.54, 1.807) is 19.1 Å². The number of carboxylic acids is 1. The van der Waals surface area contributed by atoms with Gasteiger partial charge in [-0.25, -0.2) is 5.01 Å². The lowest BCUT2D eigenvalue weighted by atomic mass is 10.2. The highest BCUT2D eigenvalue weighted by Gasteiger charge is 2.09. The van der Waals surface area contributed by atoms with Crippen LogP contribution in [-0.2, 0) is 4.79 Å². The summed E-state index contributed by atoms with van der Waals surface area (Å²) in [5.41, 5.74) is 2.07. The molecule has 0 aromatic carbocycles. The second-order valence-corrected chi connectivity index (χ2v) is 2.52. The summed E-state index contributed by atoms with van der Waals surface area (Å²) in [6.07, 6.45) is -3.50. The van der Waals surface area contributed by atoms with Crippen LogP contribution < -0.4 is 11.1 Å². The van der Waals surface area contributed by atoms with E-state index in [1.807, 2.05) is 0 Å². The van der Waals surface area contributed by atoms with Crippen LogP contribution >= 0.6 is 0 Å². The number of rotatable bonds is 8. The lowest BCUT2D eigenvalue weighted by Crippen LogP contribution is -2.30. The molecule has 1 unspecified atom stereocenters. The number of hydrogen-bond donors (Lipinski definition) is 3. The molecule has 0 bridgehead atoms. The zero-order chi connectivity index (χ0) is 16.1. The molecule has 82 valence electrons. The number of carboxylic acid groups (broad SMARTS) is 1. The minimum atomic E-state index is -3.22. The molecule has 2 atom stereocenters. The maximum Gasteiger partial charge on any atom is 0.320 e. The average molecular weight is 208 g/mol. The van der Waals surface area contributed by atoms with Gasteiger partial charge in [0.25, 0.3) is 0 Å². The van der Waals surface area contributed by atoms with Crippen LogP contribution in [0, 0.1) is 0 Å². The number of carbonyl (C=O) groups is 1. The van der Waals surface area contributed by atoms with Gasteiger partial charge in [0.1, 0.15) is 8.84 Å². The van der Waals surface area contributed by atoms with Crippen LogP contribution in [-0.4, -0.2) is 49.1 Å². The van der Waals surface area contributed by atoms with Crippen molar-refractivity contribution in [3.8, 4) is 0 Å². The number of nitrogens with two attached hydrogens (primary N) is 1. The molecule has 0 aliphatic heterocycles. The van der Waals surface area contributed by atoms with Gasteiger partial charge in [0, 0.05) is 24.8 Å². The molecule has 0 aromatic rings. The second-order valence-electron chi connectivity index (χ2n) is 2.52. The molecule has 0 radical (unpaired) electrons. The monoisotopic (exact) mass is 208 g/mol. The van der Waals surface area contributed by atoms with E-state index in [1.165, 1.54) is 6.34 Å². The number of aliphatic carboxylic acids is 1. The van der Waals surface area contributed by atoms with Gasteiger partial charge in [-0.1, -0.05) is 0 Å². The first-order valence-corrected chi connectivity index (χ1v) is 3.83. The minimum Gasteiger partial charge on any atom is -0.480 e. The molecule has 0 aromatic heterocycles. The Morgan fingerprint density at radius 3 is 3.21 bits per heavy atom. The zero-order valence-electron chi connectivity index (χ0n) is 14.1. The lowest BCUT2D eigenvalue weighted by Gasteiger charge is -2.07. The van der Waals surface area contributed by atoms with Crippen LogP contribution in [0.1, 0.15) is 18.3 Å². The van der Waals surface area contributed by atoms with Gasteiger partial charge in [0.05, 0.1) is 7.71 Å². The standard InChI is InChI=1S/C8H18N4O2/c1-12(2)11-6-10-5-3-4-7(9)8(13)14/h6-7H,3-5,9H2,1-2H3,(H,10,11)(H,13,14)/t7-/m0/s1/i3D,4D2,7D/hD2/t3?,7-. The van der Waals surface area contributed by atoms with Gasteiger partial charge in [-0.15, -0.1) is 0 Å². The predicted molar refractivity (Wildman–Crippen MR) is 55.0 cm³/mol. The number of hydrogen-bond acceptors (Lipinski definition) is 4. The summed E-state index contributed by atoms with van der Waals surface area (Å²) in [7, 11) is 3.36. The summed E-state index contributed by atoms with van der Waals surface area (Å²) < 4.78 is 44.1. The molecular weight excluding hydrogens is 184 g/mol. The molecule has 0 aliphatic rings. The fourth-order valence-corrected chi connectivity index (χ4v) is 0.466. The van der Waals surface area contributed by atoms with Gasteiger partial charge in [-0.2, -0.15) is 0 Å². The third kappa shape index (κ3) is 7.51. The van der Waals surface area contributed by atoms with Crippen LogP contribution in [0.5, 0.6) is 0 Å². The Hall–Kier alpha value is -1.14. The predicted octanol–water partition coefficient (Wildman–Crippen LogP) is -0.727. The van der Waals surface area contributed by atoms with E-state index < -0.39 is 37.0 Å². The van der Waals surface area contributed by atoms with E-state index in [2.05, 4.69) is 10.4 Å². The summed E-state index contributed by atoms with van der Waals surface area (Å²) >= 11 is 0. The summed E-state index contributed by atoms with van der Waals surface area (Å²) in [6, 6.07) is -3.22. The van der Waals surface area contributed by atoms with Crippen molar-refractivity contribution in [1.82, 2.24) is 10.4 Å². The maximum absolute atomic E-state index is 11.0. The smallest absolute Gasteiger partial charge is 0.320 e. The van der Waals surface area contributed by atoms with Crippen molar-refractivity contribution in [3.63, 3.8) is 0 Å². The van der Waals surface area contributed by atoms with E-state index in [-0.39, 0.29) is 0 Å². The highest BCUT2D eigenvalue weighted by Crippen LogP contribution is 1.94. The van der Waals surface area contributed by atoms with Crippen molar-refractivity contribution in [3.05, 3.63) is 0 Å². The van der Waals surface area contributed by atoms with Crippen molar-refractivity contribution in [2.45, 2.75) is 18.8 Å². The molecule has 0 spiro atoms. The van der Waals surface area contributed by atoms with Gasteiger partial charge in [-0.3, -0.25) is 9.79 Å². The first-order valence-electron chi connectivity index (χ1n) is 6.80. The Labute approximate surface area is 92.3 Å². The Morgan fingerprint density at radius 1 is 2.00 bits per heavy atom. The third-order valence-electron chi connectivity index (χ3n) is 1.05. The summed E-state index contributed by atoms with van der Waals surface area (Å²) in [5, 5.41) is 10.4.